The van der Waals surface area contributed by atoms with Crippen molar-refractivity contribution >= 4 is 23.7 Å². The molecule has 0 radical (unpaired) electrons. The van der Waals surface area contributed by atoms with E-state index in [1.165, 1.54) is 82.9 Å². The number of unbranched alkanes of at least 4 members (excludes halogenated alkanes) is 7. The van der Waals surface area contributed by atoms with Crippen LogP contribution < -0.4 is 0 Å². The molecule has 1 rings (SSSR count). The lowest BCUT2D eigenvalue weighted by molar-refractivity contribution is -0.140. The van der Waals surface area contributed by atoms with Crippen LogP contribution in [0.2, 0.25) is 0 Å². The number of hydrogen-bond donors (Lipinski definition) is 0. The Labute approximate surface area is 181 Å². The Kier molecular flexibility index (Phi) is 13.5. The van der Waals surface area contributed by atoms with E-state index in [0.29, 0.717) is 5.92 Å². The standard InChI is InChI=1S/C24H38O4S/c1-5-6-7-8-9-10-11-12-15-19(2)20-16-13-14-17-21(20)23(24(26)28-4)29-18-22(25)27-3/h13-14,16-17,19,23H,5-12,15,18H2,1-4H3. The van der Waals surface area contributed by atoms with E-state index in [-0.39, 0.29) is 17.7 Å². The van der Waals surface area contributed by atoms with E-state index in [9.17, 15) is 9.59 Å². The molecule has 1 aromatic carbocycles. The van der Waals surface area contributed by atoms with Gasteiger partial charge in [-0.3, -0.25) is 9.59 Å². The van der Waals surface area contributed by atoms with Crippen molar-refractivity contribution in [1.29, 1.82) is 0 Å². The van der Waals surface area contributed by atoms with E-state index in [2.05, 4.69) is 19.9 Å². The molecule has 29 heavy (non-hydrogen) atoms. The highest BCUT2D eigenvalue weighted by molar-refractivity contribution is 8.00. The molecule has 0 bridgehead atoms. The first-order chi connectivity index (χ1) is 14.0. The van der Waals surface area contributed by atoms with Crippen molar-refractivity contribution in [3.8, 4) is 0 Å². The molecular formula is C24H38O4S. The van der Waals surface area contributed by atoms with Crippen LogP contribution >= 0.6 is 11.8 Å². The molecule has 0 aliphatic rings. The SMILES string of the molecule is CCCCCCCCCCC(C)c1ccccc1C(SCC(=O)OC)C(=O)OC. The summed E-state index contributed by atoms with van der Waals surface area (Å²) in [5, 5.41) is -0.517. The van der Waals surface area contributed by atoms with Crippen molar-refractivity contribution in [2.24, 2.45) is 0 Å². The lowest BCUT2D eigenvalue weighted by Crippen LogP contribution is -2.16. The van der Waals surface area contributed by atoms with Crippen LogP contribution in [0.5, 0.6) is 0 Å². The van der Waals surface area contributed by atoms with Gasteiger partial charge in [-0.05, 0) is 23.5 Å². The molecule has 5 heteroatoms. The van der Waals surface area contributed by atoms with E-state index in [0.717, 1.165) is 12.0 Å². The van der Waals surface area contributed by atoms with Crippen molar-refractivity contribution in [3.63, 3.8) is 0 Å². The fourth-order valence-electron chi connectivity index (χ4n) is 3.54. The van der Waals surface area contributed by atoms with E-state index in [1.807, 2.05) is 18.2 Å². The number of esters is 2. The highest BCUT2D eigenvalue weighted by Crippen LogP contribution is 2.36. The maximum atomic E-state index is 12.4. The lowest BCUT2D eigenvalue weighted by Gasteiger charge is -2.21. The second-order valence-electron chi connectivity index (χ2n) is 7.58. The van der Waals surface area contributed by atoms with Crippen molar-refractivity contribution in [2.45, 2.75) is 82.8 Å². The zero-order valence-electron chi connectivity index (χ0n) is 18.6. The molecule has 1 aromatic rings. The Morgan fingerprint density at radius 3 is 2.07 bits per heavy atom. The van der Waals surface area contributed by atoms with Gasteiger partial charge in [-0.1, -0.05) is 89.5 Å². The Hall–Kier alpha value is -1.49. The minimum atomic E-state index is -0.517. The summed E-state index contributed by atoms with van der Waals surface area (Å²) < 4.78 is 9.73. The molecule has 0 fully saturated rings. The fraction of sp³-hybridized carbons (Fsp3) is 0.667. The first kappa shape index (κ1) is 25.5. The van der Waals surface area contributed by atoms with E-state index in [1.54, 1.807) is 0 Å². The molecule has 0 saturated carbocycles. The summed E-state index contributed by atoms with van der Waals surface area (Å²) in [5.41, 5.74) is 2.11. The average Bonchev–Trinajstić information content (AvgIpc) is 2.75. The van der Waals surface area contributed by atoms with E-state index >= 15 is 0 Å². The summed E-state index contributed by atoms with van der Waals surface area (Å²) >= 11 is 1.26. The summed E-state index contributed by atoms with van der Waals surface area (Å²) in [7, 11) is 2.75. The predicted octanol–water partition coefficient (Wildman–Crippen LogP) is 6.44. The molecule has 164 valence electrons. The van der Waals surface area contributed by atoms with Crippen LogP contribution in [0.3, 0.4) is 0 Å². The number of thioether (sulfide) groups is 1. The van der Waals surface area contributed by atoms with Crippen molar-refractivity contribution < 1.29 is 19.1 Å². The first-order valence-electron chi connectivity index (χ1n) is 10.9. The van der Waals surface area contributed by atoms with Crippen LogP contribution in [0.4, 0.5) is 0 Å². The Morgan fingerprint density at radius 2 is 1.48 bits per heavy atom. The third-order valence-corrected chi connectivity index (χ3v) is 6.49. The number of carbonyl (C=O) groups excluding carboxylic acids is 2. The number of ether oxygens (including phenoxy) is 2. The number of carbonyl (C=O) groups is 2. The van der Waals surface area contributed by atoms with Gasteiger partial charge in [0.1, 0.15) is 5.25 Å². The predicted molar refractivity (Wildman–Crippen MR) is 121 cm³/mol. The second kappa shape index (κ2) is 15.4. The quantitative estimate of drug-likeness (QED) is 0.240. The smallest absolute Gasteiger partial charge is 0.323 e. The largest absolute Gasteiger partial charge is 0.468 e. The molecule has 0 saturated heterocycles. The molecule has 0 amide bonds. The summed E-state index contributed by atoms with van der Waals surface area (Å²) in [5.74, 6) is -0.187. The van der Waals surface area contributed by atoms with Crippen molar-refractivity contribution in [1.82, 2.24) is 0 Å². The van der Waals surface area contributed by atoms with Gasteiger partial charge in [0.05, 0.1) is 20.0 Å². The van der Waals surface area contributed by atoms with Crippen molar-refractivity contribution in [2.75, 3.05) is 20.0 Å². The monoisotopic (exact) mass is 422 g/mol. The topological polar surface area (TPSA) is 52.6 Å². The summed E-state index contributed by atoms with van der Waals surface area (Å²) in [6.07, 6.45) is 11.5. The average molecular weight is 423 g/mol. The summed E-state index contributed by atoms with van der Waals surface area (Å²) in [6.45, 7) is 4.47. The van der Waals surface area contributed by atoms with Crippen molar-refractivity contribution in [3.05, 3.63) is 35.4 Å². The fourth-order valence-corrected chi connectivity index (χ4v) is 4.59. The Bertz CT molecular complexity index is 602. The molecule has 2 atom stereocenters. The van der Waals surface area contributed by atoms with Gasteiger partial charge in [-0.25, -0.2) is 0 Å². The van der Waals surface area contributed by atoms with Crippen LogP contribution in [0, 0.1) is 0 Å². The molecule has 0 heterocycles. The second-order valence-corrected chi connectivity index (χ2v) is 8.68. The molecule has 4 nitrogen and oxygen atoms in total. The lowest BCUT2D eigenvalue weighted by atomic mass is 9.89. The Balaban J connectivity index is 2.66. The minimum absolute atomic E-state index is 0.122. The number of hydrogen-bond acceptors (Lipinski definition) is 5. The van der Waals surface area contributed by atoms with Gasteiger partial charge in [0.25, 0.3) is 0 Å². The third kappa shape index (κ3) is 9.70. The Morgan fingerprint density at radius 1 is 0.897 bits per heavy atom. The maximum Gasteiger partial charge on any atom is 0.323 e. The molecule has 0 spiro atoms. The van der Waals surface area contributed by atoms with Gasteiger partial charge in [0, 0.05) is 0 Å². The molecular weight excluding hydrogens is 384 g/mol. The molecule has 0 aromatic heterocycles. The van der Waals surface area contributed by atoms with Gasteiger partial charge in [0.15, 0.2) is 0 Å². The molecule has 0 aliphatic carbocycles. The summed E-state index contributed by atoms with van der Waals surface area (Å²) in [6, 6.07) is 8.03. The van der Waals surface area contributed by atoms with Gasteiger partial charge in [0.2, 0.25) is 0 Å². The number of rotatable bonds is 15. The minimum Gasteiger partial charge on any atom is -0.468 e. The van der Waals surface area contributed by atoms with Gasteiger partial charge >= 0.3 is 11.9 Å². The maximum absolute atomic E-state index is 12.4. The first-order valence-corrected chi connectivity index (χ1v) is 11.9. The molecule has 0 N–H and O–H groups in total. The van der Waals surface area contributed by atoms with Crippen LogP contribution in [0.1, 0.15) is 93.9 Å². The van der Waals surface area contributed by atoms with Crippen LogP contribution in [-0.4, -0.2) is 31.9 Å². The van der Waals surface area contributed by atoms with Crippen LogP contribution in [0.15, 0.2) is 24.3 Å². The summed E-state index contributed by atoms with van der Waals surface area (Å²) in [4.78, 5) is 24.0. The highest BCUT2D eigenvalue weighted by atomic mass is 32.2. The zero-order valence-corrected chi connectivity index (χ0v) is 19.4. The molecule has 0 aliphatic heterocycles. The molecule has 2 unspecified atom stereocenters. The van der Waals surface area contributed by atoms with Crippen LogP contribution in [-0.2, 0) is 19.1 Å². The van der Waals surface area contributed by atoms with E-state index in [4.69, 9.17) is 9.47 Å². The number of benzene rings is 1. The van der Waals surface area contributed by atoms with Gasteiger partial charge in [-0.2, -0.15) is 0 Å². The van der Waals surface area contributed by atoms with Gasteiger partial charge < -0.3 is 9.47 Å². The third-order valence-electron chi connectivity index (χ3n) is 5.31. The number of methoxy groups -OCH3 is 2. The normalized spacial score (nSPS) is 13.0. The highest BCUT2D eigenvalue weighted by Gasteiger charge is 2.27. The van der Waals surface area contributed by atoms with Crippen LogP contribution in [0.25, 0.3) is 0 Å². The van der Waals surface area contributed by atoms with E-state index < -0.39 is 5.25 Å². The zero-order chi connectivity index (χ0) is 21.5. The van der Waals surface area contributed by atoms with Gasteiger partial charge in [-0.15, -0.1) is 11.8 Å².